The average Bonchev–Trinajstić information content (AvgIpc) is 2.37. The Balaban J connectivity index is 1.89. The van der Waals surface area contributed by atoms with E-state index in [1.54, 1.807) is 0 Å². The lowest BCUT2D eigenvalue weighted by Crippen LogP contribution is -2.21. The van der Waals surface area contributed by atoms with Crippen LogP contribution in [0.2, 0.25) is 0 Å². The molecule has 1 saturated carbocycles. The van der Waals surface area contributed by atoms with Crippen molar-refractivity contribution in [2.24, 2.45) is 11.8 Å². The Morgan fingerprint density at radius 3 is 3.11 bits per heavy atom. The maximum Gasteiger partial charge on any atom is 0.274 e. The second-order valence-corrected chi connectivity index (χ2v) is 5.18. The van der Waals surface area contributed by atoms with Crippen molar-refractivity contribution in [3.8, 4) is 0 Å². The minimum atomic E-state index is -0.393. The van der Waals surface area contributed by atoms with Crippen LogP contribution in [0.4, 0.5) is 11.5 Å². The molecule has 1 heterocycles. The van der Waals surface area contributed by atoms with E-state index in [0.29, 0.717) is 11.7 Å². The summed E-state index contributed by atoms with van der Waals surface area (Å²) in [6.07, 6.45) is 6.57. The summed E-state index contributed by atoms with van der Waals surface area (Å²) in [5.74, 6) is 2.06. The third-order valence-corrected chi connectivity index (χ3v) is 3.57. The van der Waals surface area contributed by atoms with Gasteiger partial charge in [0, 0.05) is 18.8 Å². The molecular formula is C13H19N3O2. The second-order valence-electron chi connectivity index (χ2n) is 5.18. The number of nitrogens with one attached hydrogen (secondary N) is 1. The smallest absolute Gasteiger partial charge is 0.274 e. The summed E-state index contributed by atoms with van der Waals surface area (Å²) in [4.78, 5) is 14.4. The normalized spacial score (nSPS) is 23.6. The summed E-state index contributed by atoms with van der Waals surface area (Å²) in [6, 6.07) is 2.90. The first kappa shape index (κ1) is 12.8. The third kappa shape index (κ3) is 3.42. The lowest BCUT2D eigenvalue weighted by molar-refractivity contribution is -0.384. The fourth-order valence-electron chi connectivity index (χ4n) is 2.62. The van der Waals surface area contributed by atoms with Crippen molar-refractivity contribution in [2.75, 3.05) is 11.9 Å². The van der Waals surface area contributed by atoms with Crippen molar-refractivity contribution in [3.63, 3.8) is 0 Å². The van der Waals surface area contributed by atoms with Gasteiger partial charge < -0.3 is 5.32 Å². The van der Waals surface area contributed by atoms with Gasteiger partial charge in [-0.15, -0.1) is 0 Å². The fourth-order valence-corrected chi connectivity index (χ4v) is 2.62. The van der Waals surface area contributed by atoms with Gasteiger partial charge in [-0.3, -0.25) is 10.1 Å². The van der Waals surface area contributed by atoms with E-state index < -0.39 is 4.92 Å². The van der Waals surface area contributed by atoms with E-state index in [4.69, 9.17) is 0 Å². The van der Waals surface area contributed by atoms with Crippen LogP contribution < -0.4 is 5.32 Å². The number of hydrogen-bond donors (Lipinski definition) is 1. The summed E-state index contributed by atoms with van der Waals surface area (Å²) < 4.78 is 0. The summed E-state index contributed by atoms with van der Waals surface area (Å²) in [5, 5.41) is 13.9. The van der Waals surface area contributed by atoms with Crippen LogP contribution in [-0.2, 0) is 0 Å². The molecule has 1 fully saturated rings. The molecule has 2 unspecified atom stereocenters. The van der Waals surface area contributed by atoms with E-state index in [9.17, 15) is 10.1 Å². The van der Waals surface area contributed by atoms with Crippen molar-refractivity contribution in [3.05, 3.63) is 28.4 Å². The topological polar surface area (TPSA) is 68.1 Å². The SMILES string of the molecule is CC1CCCC(CNc2cc([N+](=O)[O-])ccn2)C1. The molecule has 5 nitrogen and oxygen atoms in total. The molecule has 1 aliphatic rings. The van der Waals surface area contributed by atoms with Crippen molar-refractivity contribution in [2.45, 2.75) is 32.6 Å². The van der Waals surface area contributed by atoms with Crippen molar-refractivity contribution >= 4 is 11.5 Å². The molecule has 1 aromatic heterocycles. The van der Waals surface area contributed by atoms with Gasteiger partial charge in [0.05, 0.1) is 11.0 Å². The molecule has 1 aromatic rings. The standard InChI is InChI=1S/C13H19N3O2/c1-10-3-2-4-11(7-10)9-15-13-8-12(16(17)18)5-6-14-13/h5-6,8,10-11H,2-4,7,9H2,1H3,(H,14,15). The quantitative estimate of drug-likeness (QED) is 0.657. The molecule has 1 aliphatic carbocycles. The maximum absolute atomic E-state index is 10.7. The van der Waals surface area contributed by atoms with E-state index in [1.165, 1.54) is 44.0 Å². The van der Waals surface area contributed by atoms with Gasteiger partial charge in [0.15, 0.2) is 0 Å². The van der Waals surface area contributed by atoms with Crippen LogP contribution in [0.25, 0.3) is 0 Å². The van der Waals surface area contributed by atoms with Crippen LogP contribution >= 0.6 is 0 Å². The number of hydrogen-bond acceptors (Lipinski definition) is 4. The van der Waals surface area contributed by atoms with Gasteiger partial charge in [-0.2, -0.15) is 0 Å². The molecule has 5 heteroatoms. The van der Waals surface area contributed by atoms with Crippen LogP contribution in [-0.4, -0.2) is 16.5 Å². The van der Waals surface area contributed by atoms with E-state index in [2.05, 4.69) is 17.2 Å². The average molecular weight is 249 g/mol. The highest BCUT2D eigenvalue weighted by Crippen LogP contribution is 2.28. The summed E-state index contributed by atoms with van der Waals surface area (Å²) in [7, 11) is 0. The summed E-state index contributed by atoms with van der Waals surface area (Å²) in [6.45, 7) is 3.15. The van der Waals surface area contributed by atoms with Crippen LogP contribution in [0.3, 0.4) is 0 Å². The number of anilines is 1. The van der Waals surface area contributed by atoms with Crippen molar-refractivity contribution in [1.82, 2.24) is 4.98 Å². The predicted octanol–water partition coefficient (Wildman–Crippen LogP) is 3.23. The van der Waals surface area contributed by atoms with Crippen LogP contribution in [0, 0.1) is 22.0 Å². The van der Waals surface area contributed by atoms with E-state index >= 15 is 0 Å². The lowest BCUT2D eigenvalue weighted by atomic mass is 9.82. The second kappa shape index (κ2) is 5.80. The molecule has 0 bridgehead atoms. The molecule has 0 amide bonds. The molecule has 0 saturated heterocycles. The molecule has 0 spiro atoms. The van der Waals surface area contributed by atoms with Gasteiger partial charge in [0.2, 0.25) is 0 Å². The van der Waals surface area contributed by atoms with E-state index in [-0.39, 0.29) is 5.69 Å². The minimum absolute atomic E-state index is 0.0875. The molecule has 18 heavy (non-hydrogen) atoms. The van der Waals surface area contributed by atoms with Crippen molar-refractivity contribution < 1.29 is 4.92 Å². The molecular weight excluding hydrogens is 230 g/mol. The van der Waals surface area contributed by atoms with Gasteiger partial charge in [0.1, 0.15) is 5.82 Å². The summed E-state index contributed by atoms with van der Waals surface area (Å²) >= 11 is 0. The van der Waals surface area contributed by atoms with Crippen molar-refractivity contribution in [1.29, 1.82) is 0 Å². The Hall–Kier alpha value is -1.65. The first-order valence-electron chi connectivity index (χ1n) is 6.49. The Morgan fingerprint density at radius 2 is 2.39 bits per heavy atom. The Bertz CT molecular complexity index is 422. The third-order valence-electron chi connectivity index (χ3n) is 3.57. The minimum Gasteiger partial charge on any atom is -0.370 e. The number of nitro groups is 1. The molecule has 2 atom stereocenters. The largest absolute Gasteiger partial charge is 0.370 e. The lowest BCUT2D eigenvalue weighted by Gasteiger charge is -2.26. The number of pyridine rings is 1. The molecule has 1 N–H and O–H groups in total. The Kier molecular flexibility index (Phi) is 4.12. The first-order valence-corrected chi connectivity index (χ1v) is 6.49. The number of aromatic nitrogens is 1. The molecule has 2 rings (SSSR count). The highest BCUT2D eigenvalue weighted by Gasteiger charge is 2.18. The zero-order valence-corrected chi connectivity index (χ0v) is 10.6. The van der Waals surface area contributed by atoms with Gasteiger partial charge in [-0.25, -0.2) is 4.98 Å². The highest BCUT2D eigenvalue weighted by atomic mass is 16.6. The summed E-state index contributed by atoms with van der Waals surface area (Å²) in [5.41, 5.74) is 0.0875. The van der Waals surface area contributed by atoms with E-state index in [0.717, 1.165) is 12.5 Å². The van der Waals surface area contributed by atoms with Gasteiger partial charge in [-0.1, -0.05) is 19.8 Å². The zero-order valence-electron chi connectivity index (χ0n) is 10.6. The van der Waals surface area contributed by atoms with Crippen LogP contribution in [0.1, 0.15) is 32.6 Å². The molecule has 0 aromatic carbocycles. The Morgan fingerprint density at radius 1 is 1.56 bits per heavy atom. The zero-order chi connectivity index (χ0) is 13.0. The monoisotopic (exact) mass is 249 g/mol. The molecule has 98 valence electrons. The van der Waals surface area contributed by atoms with E-state index in [1.807, 2.05) is 0 Å². The van der Waals surface area contributed by atoms with Crippen LogP contribution in [0.5, 0.6) is 0 Å². The molecule has 0 radical (unpaired) electrons. The molecule has 0 aliphatic heterocycles. The predicted molar refractivity (Wildman–Crippen MR) is 70.5 cm³/mol. The van der Waals surface area contributed by atoms with Crippen LogP contribution in [0.15, 0.2) is 18.3 Å². The maximum atomic E-state index is 10.7. The van der Waals surface area contributed by atoms with Gasteiger partial charge in [0.25, 0.3) is 5.69 Å². The van der Waals surface area contributed by atoms with Gasteiger partial charge >= 0.3 is 0 Å². The first-order chi connectivity index (χ1) is 8.65. The Labute approximate surface area is 107 Å². The van der Waals surface area contributed by atoms with Gasteiger partial charge in [-0.05, 0) is 24.7 Å². The highest BCUT2D eigenvalue weighted by molar-refractivity contribution is 5.44. The number of rotatable bonds is 4. The number of nitrogens with zero attached hydrogens (tertiary/aromatic N) is 2. The fraction of sp³-hybridized carbons (Fsp3) is 0.615.